The third-order valence-electron chi connectivity index (χ3n) is 3.69. The summed E-state index contributed by atoms with van der Waals surface area (Å²) >= 11 is 1.55. The van der Waals surface area contributed by atoms with Crippen molar-refractivity contribution in [1.82, 2.24) is 20.2 Å². The third kappa shape index (κ3) is 2.56. The van der Waals surface area contributed by atoms with Crippen LogP contribution in [0.3, 0.4) is 0 Å². The summed E-state index contributed by atoms with van der Waals surface area (Å²) in [6.07, 6.45) is -2.46. The van der Waals surface area contributed by atoms with Crippen LogP contribution in [0.1, 0.15) is 22.0 Å². The Labute approximate surface area is 138 Å². The van der Waals surface area contributed by atoms with Gasteiger partial charge in [0.25, 0.3) is 0 Å². The SMILES string of the molecule is FC(F)(F)c1ccc([C@H]2C=C(c3cccs3)Nc3nnnn32)cc1. The number of rotatable bonds is 2. The van der Waals surface area contributed by atoms with Gasteiger partial charge in [-0.1, -0.05) is 23.3 Å². The lowest BCUT2D eigenvalue weighted by Crippen LogP contribution is -2.20. The van der Waals surface area contributed by atoms with Gasteiger partial charge in [0.1, 0.15) is 6.04 Å². The molecule has 0 spiro atoms. The minimum Gasteiger partial charge on any atom is -0.322 e. The van der Waals surface area contributed by atoms with E-state index in [1.165, 1.54) is 12.1 Å². The zero-order valence-corrected chi connectivity index (χ0v) is 12.8. The number of nitrogens with zero attached hydrogens (tertiary/aromatic N) is 4. The number of allylic oxidation sites excluding steroid dienone is 1. The minimum absolute atomic E-state index is 0.379. The van der Waals surface area contributed by atoms with E-state index in [1.807, 2.05) is 23.6 Å². The number of halogens is 3. The van der Waals surface area contributed by atoms with Crippen LogP contribution >= 0.6 is 11.3 Å². The second-order valence-electron chi connectivity index (χ2n) is 5.19. The molecule has 24 heavy (non-hydrogen) atoms. The zero-order valence-electron chi connectivity index (χ0n) is 12.0. The van der Waals surface area contributed by atoms with Crippen LogP contribution in [-0.4, -0.2) is 20.2 Å². The monoisotopic (exact) mass is 349 g/mol. The first kappa shape index (κ1) is 14.9. The Morgan fingerprint density at radius 1 is 1.12 bits per heavy atom. The number of hydrogen-bond acceptors (Lipinski definition) is 5. The van der Waals surface area contributed by atoms with E-state index in [0.717, 1.165) is 22.7 Å². The molecule has 0 amide bonds. The molecule has 2 aromatic heterocycles. The van der Waals surface area contributed by atoms with Crippen molar-refractivity contribution in [2.24, 2.45) is 0 Å². The van der Waals surface area contributed by atoms with E-state index in [-0.39, 0.29) is 6.04 Å². The van der Waals surface area contributed by atoms with Crippen molar-refractivity contribution in [1.29, 1.82) is 0 Å². The summed E-state index contributed by atoms with van der Waals surface area (Å²) in [5.41, 5.74) is 0.823. The van der Waals surface area contributed by atoms with Crippen molar-refractivity contribution < 1.29 is 13.2 Å². The molecule has 1 aromatic carbocycles. The first-order chi connectivity index (χ1) is 11.5. The Morgan fingerprint density at radius 2 is 1.92 bits per heavy atom. The lowest BCUT2D eigenvalue weighted by molar-refractivity contribution is -0.137. The lowest BCUT2D eigenvalue weighted by atomic mass is 10.0. The minimum atomic E-state index is -4.36. The van der Waals surface area contributed by atoms with Crippen LogP contribution in [0, 0.1) is 0 Å². The van der Waals surface area contributed by atoms with E-state index >= 15 is 0 Å². The van der Waals surface area contributed by atoms with Crippen molar-refractivity contribution in [3.8, 4) is 0 Å². The highest BCUT2D eigenvalue weighted by Gasteiger charge is 2.31. The molecule has 0 aliphatic carbocycles. The number of alkyl halides is 3. The van der Waals surface area contributed by atoms with E-state index in [1.54, 1.807) is 16.0 Å². The topological polar surface area (TPSA) is 55.6 Å². The van der Waals surface area contributed by atoms with Gasteiger partial charge < -0.3 is 5.32 Å². The maximum atomic E-state index is 12.7. The fraction of sp³-hybridized carbons (Fsp3) is 0.133. The van der Waals surface area contributed by atoms with Gasteiger partial charge in [0, 0.05) is 0 Å². The fourth-order valence-corrected chi connectivity index (χ4v) is 3.24. The molecular formula is C15H10F3N5S. The number of aromatic nitrogens is 4. The Morgan fingerprint density at radius 3 is 2.58 bits per heavy atom. The summed E-state index contributed by atoms with van der Waals surface area (Å²) < 4.78 is 39.8. The van der Waals surface area contributed by atoms with Crippen LogP contribution in [0.5, 0.6) is 0 Å². The van der Waals surface area contributed by atoms with Gasteiger partial charge in [-0.25, -0.2) is 0 Å². The second-order valence-corrected chi connectivity index (χ2v) is 6.14. The lowest BCUT2D eigenvalue weighted by Gasteiger charge is -2.23. The molecular weight excluding hydrogens is 339 g/mol. The number of benzene rings is 1. The summed E-state index contributed by atoms with van der Waals surface area (Å²) in [5, 5.41) is 16.6. The van der Waals surface area contributed by atoms with E-state index in [9.17, 15) is 13.2 Å². The highest BCUT2D eigenvalue weighted by molar-refractivity contribution is 7.11. The van der Waals surface area contributed by atoms with E-state index in [4.69, 9.17) is 0 Å². The molecule has 0 radical (unpaired) electrons. The van der Waals surface area contributed by atoms with Crippen LogP contribution in [0.25, 0.3) is 5.70 Å². The summed E-state index contributed by atoms with van der Waals surface area (Å²) in [5.74, 6) is 0.450. The smallest absolute Gasteiger partial charge is 0.322 e. The maximum Gasteiger partial charge on any atom is 0.416 e. The summed E-state index contributed by atoms with van der Waals surface area (Å²) in [6.45, 7) is 0. The summed E-state index contributed by atoms with van der Waals surface area (Å²) in [4.78, 5) is 1.00. The normalized spacial score (nSPS) is 17.1. The molecule has 1 N–H and O–H groups in total. The Balaban J connectivity index is 1.76. The van der Waals surface area contributed by atoms with Crippen LogP contribution in [-0.2, 0) is 6.18 Å². The van der Waals surface area contributed by atoms with E-state index in [2.05, 4.69) is 20.8 Å². The number of nitrogens with one attached hydrogen (secondary N) is 1. The predicted molar refractivity (Wildman–Crippen MR) is 83.3 cm³/mol. The average Bonchev–Trinajstić information content (AvgIpc) is 3.24. The van der Waals surface area contributed by atoms with Crippen LogP contribution in [0.2, 0.25) is 0 Å². The Hall–Kier alpha value is -2.68. The molecule has 0 fully saturated rings. The number of anilines is 1. The largest absolute Gasteiger partial charge is 0.416 e. The number of hydrogen-bond donors (Lipinski definition) is 1. The van der Waals surface area contributed by atoms with Gasteiger partial charge in [0.15, 0.2) is 0 Å². The van der Waals surface area contributed by atoms with Crippen LogP contribution in [0.15, 0.2) is 47.9 Å². The zero-order chi connectivity index (χ0) is 16.7. The highest BCUT2D eigenvalue weighted by atomic mass is 32.1. The highest BCUT2D eigenvalue weighted by Crippen LogP contribution is 2.35. The van der Waals surface area contributed by atoms with E-state index in [0.29, 0.717) is 11.5 Å². The third-order valence-corrected chi connectivity index (χ3v) is 4.60. The Bertz CT molecular complexity index is 881. The van der Waals surface area contributed by atoms with E-state index < -0.39 is 11.7 Å². The molecule has 1 aliphatic heterocycles. The molecule has 0 bridgehead atoms. The molecule has 0 saturated carbocycles. The first-order valence-electron chi connectivity index (χ1n) is 7.00. The molecule has 122 valence electrons. The predicted octanol–water partition coefficient (Wildman–Crippen LogP) is 3.81. The van der Waals surface area contributed by atoms with Crippen molar-refractivity contribution >= 4 is 23.0 Å². The first-order valence-corrected chi connectivity index (χ1v) is 7.88. The quantitative estimate of drug-likeness (QED) is 0.764. The van der Waals surface area contributed by atoms with Gasteiger partial charge in [0.2, 0.25) is 5.95 Å². The van der Waals surface area contributed by atoms with Crippen LogP contribution < -0.4 is 5.32 Å². The summed E-state index contributed by atoms with van der Waals surface area (Å²) in [7, 11) is 0. The van der Waals surface area contributed by atoms with Gasteiger partial charge in [-0.3, -0.25) is 0 Å². The standard InChI is InChI=1S/C15H10F3N5S/c16-15(17,18)10-5-3-9(4-6-10)12-8-11(13-2-1-7-24-13)19-14-20-21-22-23(12)14/h1-8,12H,(H,19,20,22)/t12-/m1/s1. The van der Waals surface area contributed by atoms with Gasteiger partial charge in [-0.05, 0) is 45.6 Å². The molecule has 0 saturated heterocycles. The molecule has 1 atom stereocenters. The second kappa shape index (κ2) is 5.45. The maximum absolute atomic E-state index is 12.7. The van der Waals surface area contributed by atoms with Crippen molar-refractivity contribution in [2.45, 2.75) is 12.2 Å². The molecule has 4 rings (SSSR count). The molecule has 1 aliphatic rings. The number of fused-ring (bicyclic) bond motifs is 1. The fourth-order valence-electron chi connectivity index (χ4n) is 2.54. The molecule has 3 heterocycles. The van der Waals surface area contributed by atoms with Crippen molar-refractivity contribution in [2.75, 3.05) is 5.32 Å². The molecule has 9 heteroatoms. The van der Waals surface area contributed by atoms with Crippen LogP contribution in [0.4, 0.5) is 19.1 Å². The Kier molecular flexibility index (Phi) is 3.38. The van der Waals surface area contributed by atoms with Gasteiger partial charge in [0.05, 0.1) is 16.1 Å². The van der Waals surface area contributed by atoms with Crippen molar-refractivity contribution in [3.05, 3.63) is 63.9 Å². The molecule has 0 unspecified atom stereocenters. The molecule has 5 nitrogen and oxygen atoms in total. The van der Waals surface area contributed by atoms with Gasteiger partial charge in [-0.15, -0.1) is 11.3 Å². The number of thiophene rings is 1. The van der Waals surface area contributed by atoms with Gasteiger partial charge >= 0.3 is 6.18 Å². The number of tetrazole rings is 1. The van der Waals surface area contributed by atoms with Gasteiger partial charge in [-0.2, -0.15) is 17.9 Å². The average molecular weight is 349 g/mol. The van der Waals surface area contributed by atoms with Crippen molar-refractivity contribution in [3.63, 3.8) is 0 Å². The molecule has 3 aromatic rings. The summed E-state index contributed by atoms with van der Waals surface area (Å²) in [6, 6.07) is 8.54.